The van der Waals surface area contributed by atoms with E-state index >= 15 is 0 Å². The minimum Gasteiger partial charge on any atom is -0.390 e. The van der Waals surface area contributed by atoms with E-state index in [9.17, 15) is 5.11 Å². The van der Waals surface area contributed by atoms with Crippen LogP contribution in [0.2, 0.25) is 0 Å². The van der Waals surface area contributed by atoms with Crippen LogP contribution in [0.3, 0.4) is 0 Å². The zero-order chi connectivity index (χ0) is 12.0. The van der Waals surface area contributed by atoms with Crippen LogP contribution in [0.15, 0.2) is 0 Å². The van der Waals surface area contributed by atoms with E-state index < -0.39 is 5.60 Å². The molecule has 94 valence electrons. The van der Waals surface area contributed by atoms with Crippen LogP contribution in [-0.4, -0.2) is 10.7 Å². The predicted molar refractivity (Wildman–Crippen MR) is 68.3 cm³/mol. The lowest BCUT2D eigenvalue weighted by Gasteiger charge is -2.51. The highest BCUT2D eigenvalue weighted by Gasteiger charge is 2.47. The van der Waals surface area contributed by atoms with Gasteiger partial charge >= 0.3 is 0 Å². The van der Waals surface area contributed by atoms with Crippen molar-refractivity contribution in [3.8, 4) is 0 Å². The lowest BCUT2D eigenvalue weighted by atomic mass is 9.56. The van der Waals surface area contributed by atoms with Crippen molar-refractivity contribution in [3.63, 3.8) is 0 Å². The van der Waals surface area contributed by atoms with E-state index in [1.807, 2.05) is 0 Å². The van der Waals surface area contributed by atoms with Crippen molar-refractivity contribution in [2.24, 2.45) is 23.2 Å². The molecule has 1 N–H and O–H groups in total. The van der Waals surface area contributed by atoms with Crippen LogP contribution in [0.5, 0.6) is 0 Å². The molecule has 0 saturated heterocycles. The first-order chi connectivity index (χ1) is 7.33. The van der Waals surface area contributed by atoms with E-state index in [-0.39, 0.29) is 0 Å². The number of rotatable bonds is 0. The van der Waals surface area contributed by atoms with Gasteiger partial charge in [0.15, 0.2) is 0 Å². The van der Waals surface area contributed by atoms with Crippen LogP contribution in [0, 0.1) is 23.2 Å². The summed E-state index contributed by atoms with van der Waals surface area (Å²) in [5, 5.41) is 10.6. The molecule has 1 nitrogen and oxygen atoms in total. The van der Waals surface area contributed by atoms with Gasteiger partial charge in [-0.25, -0.2) is 0 Å². The Morgan fingerprint density at radius 1 is 1.06 bits per heavy atom. The molecule has 4 unspecified atom stereocenters. The molecular weight excluding hydrogens is 196 g/mol. The van der Waals surface area contributed by atoms with Crippen LogP contribution in [0.4, 0.5) is 0 Å². The van der Waals surface area contributed by atoms with Crippen molar-refractivity contribution in [1.29, 1.82) is 0 Å². The second-order valence-electron chi connectivity index (χ2n) is 7.30. The molecule has 0 radical (unpaired) electrons. The highest BCUT2D eigenvalue weighted by Crippen LogP contribution is 2.52. The van der Waals surface area contributed by atoms with Gasteiger partial charge in [0, 0.05) is 0 Å². The van der Waals surface area contributed by atoms with Gasteiger partial charge < -0.3 is 5.11 Å². The van der Waals surface area contributed by atoms with Gasteiger partial charge in [0.2, 0.25) is 0 Å². The van der Waals surface area contributed by atoms with Crippen LogP contribution in [0.1, 0.15) is 66.2 Å². The summed E-state index contributed by atoms with van der Waals surface area (Å²) in [4.78, 5) is 0. The van der Waals surface area contributed by atoms with Gasteiger partial charge in [-0.3, -0.25) is 0 Å². The van der Waals surface area contributed by atoms with Crippen LogP contribution in [0.25, 0.3) is 0 Å². The smallest absolute Gasteiger partial charge is 0.0653 e. The molecular formula is C15H28O. The lowest BCUT2D eigenvalue weighted by Crippen LogP contribution is -2.49. The molecule has 2 bridgehead atoms. The molecule has 2 fully saturated rings. The number of aliphatic hydroxyl groups is 1. The van der Waals surface area contributed by atoms with E-state index in [2.05, 4.69) is 27.7 Å². The average molecular weight is 224 g/mol. The molecule has 1 heteroatoms. The molecule has 2 aliphatic rings. The zero-order valence-electron chi connectivity index (χ0n) is 11.4. The molecule has 16 heavy (non-hydrogen) atoms. The van der Waals surface area contributed by atoms with Gasteiger partial charge in [-0.15, -0.1) is 0 Å². The second-order valence-corrected chi connectivity index (χ2v) is 7.30. The summed E-state index contributed by atoms with van der Waals surface area (Å²) in [5.74, 6) is 2.24. The summed E-state index contributed by atoms with van der Waals surface area (Å²) in [7, 11) is 0. The number of hydrogen-bond acceptors (Lipinski definition) is 1. The molecule has 2 aliphatic carbocycles. The molecule has 0 spiro atoms. The number of fused-ring (bicyclic) bond motifs is 2. The molecule has 0 heterocycles. The third-order valence-corrected chi connectivity index (χ3v) is 5.54. The SMILES string of the molecule is CC1CCCC(C)(C)C2CC1CCC2(C)O. The summed E-state index contributed by atoms with van der Waals surface area (Å²) < 4.78 is 0. The molecule has 4 atom stereocenters. The molecule has 0 amide bonds. The van der Waals surface area contributed by atoms with Crippen molar-refractivity contribution in [1.82, 2.24) is 0 Å². The van der Waals surface area contributed by atoms with Crippen molar-refractivity contribution < 1.29 is 5.11 Å². The average Bonchev–Trinajstić information content (AvgIpc) is 2.14. The Balaban J connectivity index is 2.24. The monoisotopic (exact) mass is 224 g/mol. The molecule has 2 rings (SSSR count). The Morgan fingerprint density at radius 2 is 1.75 bits per heavy atom. The topological polar surface area (TPSA) is 20.2 Å². The Kier molecular flexibility index (Phi) is 3.11. The Bertz CT molecular complexity index is 254. The largest absolute Gasteiger partial charge is 0.390 e. The molecule has 0 aromatic rings. The van der Waals surface area contributed by atoms with E-state index in [0.29, 0.717) is 11.3 Å². The zero-order valence-corrected chi connectivity index (χ0v) is 11.4. The van der Waals surface area contributed by atoms with Gasteiger partial charge in [0.05, 0.1) is 5.60 Å². The van der Waals surface area contributed by atoms with Gasteiger partial charge in [-0.2, -0.15) is 0 Å². The first-order valence-electron chi connectivity index (χ1n) is 7.05. The van der Waals surface area contributed by atoms with Crippen LogP contribution in [-0.2, 0) is 0 Å². The Labute approximate surface area is 101 Å². The van der Waals surface area contributed by atoms with Gasteiger partial charge in [0.1, 0.15) is 0 Å². The summed E-state index contributed by atoms with van der Waals surface area (Å²) in [5.41, 5.74) is -0.0978. The summed E-state index contributed by atoms with van der Waals surface area (Å²) in [6, 6.07) is 0. The van der Waals surface area contributed by atoms with Crippen LogP contribution >= 0.6 is 0 Å². The minimum atomic E-state index is -0.420. The summed E-state index contributed by atoms with van der Waals surface area (Å²) in [6.45, 7) is 9.22. The lowest BCUT2D eigenvalue weighted by molar-refractivity contribution is -0.108. The van der Waals surface area contributed by atoms with E-state index in [1.54, 1.807) is 0 Å². The highest BCUT2D eigenvalue weighted by molar-refractivity contribution is 4.98. The fourth-order valence-corrected chi connectivity index (χ4v) is 4.29. The third kappa shape index (κ3) is 2.16. The minimum absolute atomic E-state index is 0.322. The first-order valence-corrected chi connectivity index (χ1v) is 7.05. The molecule has 0 aliphatic heterocycles. The van der Waals surface area contributed by atoms with Crippen molar-refractivity contribution >= 4 is 0 Å². The predicted octanol–water partition coefficient (Wildman–Crippen LogP) is 4.00. The van der Waals surface area contributed by atoms with Crippen molar-refractivity contribution in [2.75, 3.05) is 0 Å². The van der Waals surface area contributed by atoms with E-state index in [0.717, 1.165) is 18.3 Å². The maximum Gasteiger partial charge on any atom is 0.0653 e. The highest BCUT2D eigenvalue weighted by atomic mass is 16.3. The second kappa shape index (κ2) is 4.01. The van der Waals surface area contributed by atoms with Gasteiger partial charge in [-0.05, 0) is 55.8 Å². The maximum atomic E-state index is 10.6. The molecule has 0 aromatic heterocycles. The van der Waals surface area contributed by atoms with Crippen molar-refractivity contribution in [3.05, 3.63) is 0 Å². The van der Waals surface area contributed by atoms with E-state index in [1.165, 1.54) is 32.1 Å². The van der Waals surface area contributed by atoms with E-state index in [4.69, 9.17) is 0 Å². The standard InChI is InChI=1S/C15H28O/c1-11-6-5-8-14(2,3)13-10-12(11)7-9-15(13,4)16/h11-13,16H,5-10H2,1-4H3. The quantitative estimate of drug-likeness (QED) is 0.659. The third-order valence-electron chi connectivity index (χ3n) is 5.54. The van der Waals surface area contributed by atoms with Gasteiger partial charge in [-0.1, -0.05) is 33.6 Å². The summed E-state index contributed by atoms with van der Waals surface area (Å²) in [6.07, 6.45) is 7.52. The summed E-state index contributed by atoms with van der Waals surface area (Å²) >= 11 is 0. The molecule has 0 aromatic carbocycles. The Morgan fingerprint density at radius 3 is 2.44 bits per heavy atom. The first kappa shape index (κ1) is 12.4. The van der Waals surface area contributed by atoms with Crippen LogP contribution < -0.4 is 0 Å². The van der Waals surface area contributed by atoms with Gasteiger partial charge in [0.25, 0.3) is 0 Å². The fourth-order valence-electron chi connectivity index (χ4n) is 4.29. The maximum absolute atomic E-state index is 10.6. The molecule has 2 saturated carbocycles. The fraction of sp³-hybridized carbons (Fsp3) is 1.00. The van der Waals surface area contributed by atoms with Crippen molar-refractivity contribution in [2.45, 2.75) is 71.8 Å². The Hall–Kier alpha value is -0.0400. The number of hydrogen-bond donors (Lipinski definition) is 1. The normalized spacial score (nSPS) is 48.2.